The molecule has 0 radical (unpaired) electrons. The number of rotatable bonds is 6. The number of aryl methyl sites for hydroxylation is 1. The minimum absolute atomic E-state index is 0.344. The summed E-state index contributed by atoms with van der Waals surface area (Å²) in [7, 11) is 4.04. The molecule has 3 rings (SSSR count). The van der Waals surface area contributed by atoms with Crippen LogP contribution in [0.4, 0.5) is 13.9 Å². The van der Waals surface area contributed by atoms with E-state index in [-0.39, 0.29) is 0 Å². The minimum atomic E-state index is -0.861. The first-order chi connectivity index (χ1) is 12.9. The molecule has 0 fully saturated rings. The average Bonchev–Trinajstić information content (AvgIpc) is 3.03. The standard InChI is InChI=1S/C20H21F2N3OS/c1-13-7-4-10-16-18(13)23-20(27-16)25(12-6-11-24(2)3)19(26)17-14(21)8-5-9-15(17)22/h4-5,7-10H,6,11-12H2,1-3H3/p+1. The van der Waals surface area contributed by atoms with Crippen molar-refractivity contribution in [2.24, 2.45) is 0 Å². The van der Waals surface area contributed by atoms with Crippen LogP contribution in [-0.2, 0) is 0 Å². The molecule has 0 atom stereocenters. The van der Waals surface area contributed by atoms with Gasteiger partial charge < -0.3 is 4.90 Å². The summed E-state index contributed by atoms with van der Waals surface area (Å²) in [6, 6.07) is 9.26. The first-order valence-electron chi connectivity index (χ1n) is 8.79. The molecule has 7 heteroatoms. The first kappa shape index (κ1) is 19.4. The van der Waals surface area contributed by atoms with Gasteiger partial charge in [0.05, 0.1) is 30.9 Å². The Morgan fingerprint density at radius 2 is 1.81 bits per heavy atom. The van der Waals surface area contributed by atoms with Crippen LogP contribution in [0.5, 0.6) is 0 Å². The fraction of sp³-hybridized carbons (Fsp3) is 0.300. The monoisotopic (exact) mass is 390 g/mol. The fourth-order valence-electron chi connectivity index (χ4n) is 2.90. The number of carbonyl (C=O) groups is 1. The zero-order valence-electron chi connectivity index (χ0n) is 15.6. The van der Waals surface area contributed by atoms with Crippen molar-refractivity contribution in [3.63, 3.8) is 0 Å². The van der Waals surface area contributed by atoms with E-state index in [1.54, 1.807) is 0 Å². The number of fused-ring (bicyclic) bond motifs is 1. The lowest BCUT2D eigenvalue weighted by Crippen LogP contribution is -3.05. The summed E-state index contributed by atoms with van der Waals surface area (Å²) in [6.45, 7) is 3.12. The highest BCUT2D eigenvalue weighted by molar-refractivity contribution is 7.22. The summed E-state index contributed by atoms with van der Waals surface area (Å²) in [5.74, 6) is -2.42. The highest BCUT2D eigenvalue weighted by atomic mass is 32.1. The van der Waals surface area contributed by atoms with Gasteiger partial charge in [0.1, 0.15) is 17.2 Å². The fourth-order valence-corrected chi connectivity index (χ4v) is 3.97. The molecular weight excluding hydrogens is 368 g/mol. The van der Waals surface area contributed by atoms with Gasteiger partial charge in [-0.3, -0.25) is 9.69 Å². The number of quaternary nitrogens is 1. The van der Waals surface area contributed by atoms with Crippen LogP contribution in [0.3, 0.4) is 0 Å². The molecule has 1 N–H and O–H groups in total. The second-order valence-corrected chi connectivity index (χ2v) is 7.79. The summed E-state index contributed by atoms with van der Waals surface area (Å²) in [5, 5.41) is 0.459. The number of benzene rings is 2. The van der Waals surface area contributed by atoms with E-state index in [1.807, 2.05) is 39.2 Å². The molecule has 0 aliphatic heterocycles. The van der Waals surface area contributed by atoms with Gasteiger partial charge in [0.25, 0.3) is 5.91 Å². The first-order valence-corrected chi connectivity index (χ1v) is 9.61. The molecule has 0 unspecified atom stereocenters. The lowest BCUT2D eigenvalue weighted by atomic mass is 10.1. The SMILES string of the molecule is Cc1cccc2sc(N(CCC[NH+](C)C)C(=O)c3c(F)cccc3F)nc12. The third kappa shape index (κ3) is 4.14. The molecule has 4 nitrogen and oxygen atoms in total. The Morgan fingerprint density at radius 1 is 1.15 bits per heavy atom. The van der Waals surface area contributed by atoms with Gasteiger partial charge >= 0.3 is 0 Å². The van der Waals surface area contributed by atoms with Gasteiger partial charge in [-0.2, -0.15) is 0 Å². The van der Waals surface area contributed by atoms with Crippen molar-refractivity contribution in [1.82, 2.24) is 4.98 Å². The number of halogens is 2. The zero-order valence-corrected chi connectivity index (χ0v) is 16.4. The predicted octanol–water partition coefficient (Wildman–Crippen LogP) is 3.06. The maximum absolute atomic E-state index is 14.2. The van der Waals surface area contributed by atoms with Gasteiger partial charge in [-0.15, -0.1) is 0 Å². The van der Waals surface area contributed by atoms with Crippen LogP contribution < -0.4 is 9.80 Å². The lowest BCUT2D eigenvalue weighted by molar-refractivity contribution is -0.858. The molecule has 3 aromatic rings. The number of thiazole rings is 1. The molecule has 142 valence electrons. The molecule has 1 heterocycles. The van der Waals surface area contributed by atoms with Crippen LogP contribution in [0, 0.1) is 18.6 Å². The maximum Gasteiger partial charge on any atom is 0.266 e. The van der Waals surface area contributed by atoms with Crippen molar-refractivity contribution in [3.8, 4) is 0 Å². The Hall–Kier alpha value is -2.38. The van der Waals surface area contributed by atoms with Crippen LogP contribution in [0.1, 0.15) is 22.3 Å². The van der Waals surface area contributed by atoms with E-state index in [0.29, 0.717) is 18.1 Å². The maximum atomic E-state index is 14.2. The molecule has 0 spiro atoms. The molecule has 27 heavy (non-hydrogen) atoms. The van der Waals surface area contributed by atoms with Crippen LogP contribution in [0.25, 0.3) is 10.2 Å². The topological polar surface area (TPSA) is 37.6 Å². The summed E-state index contributed by atoms with van der Waals surface area (Å²) in [5.41, 5.74) is 1.27. The van der Waals surface area contributed by atoms with E-state index in [1.165, 1.54) is 27.2 Å². The second kappa shape index (κ2) is 8.10. The molecule has 0 aliphatic rings. The molecule has 1 aromatic heterocycles. The normalized spacial score (nSPS) is 11.3. The van der Waals surface area contributed by atoms with Crippen molar-refractivity contribution >= 4 is 32.6 Å². The van der Waals surface area contributed by atoms with E-state index < -0.39 is 23.1 Å². The van der Waals surface area contributed by atoms with Crippen molar-refractivity contribution in [3.05, 3.63) is 59.2 Å². The molecule has 1 amide bonds. The van der Waals surface area contributed by atoms with Crippen molar-refractivity contribution in [1.29, 1.82) is 0 Å². The number of anilines is 1. The number of para-hydroxylation sites is 1. The van der Waals surface area contributed by atoms with Crippen LogP contribution in [0.15, 0.2) is 36.4 Å². The Bertz CT molecular complexity index is 951. The van der Waals surface area contributed by atoms with E-state index in [2.05, 4.69) is 4.98 Å². The van der Waals surface area contributed by atoms with Crippen LogP contribution >= 0.6 is 11.3 Å². The second-order valence-electron chi connectivity index (χ2n) is 6.78. The minimum Gasteiger partial charge on any atom is -0.340 e. The Balaban J connectivity index is 2.02. The molecule has 2 aromatic carbocycles. The molecular formula is C20H22F2N3OS+. The number of aromatic nitrogens is 1. The highest BCUT2D eigenvalue weighted by Crippen LogP contribution is 2.32. The third-order valence-electron chi connectivity index (χ3n) is 4.32. The van der Waals surface area contributed by atoms with Gasteiger partial charge in [-0.25, -0.2) is 13.8 Å². The van der Waals surface area contributed by atoms with Crippen molar-refractivity contribution in [2.45, 2.75) is 13.3 Å². The van der Waals surface area contributed by atoms with Gasteiger partial charge in [0.2, 0.25) is 0 Å². The Labute approximate surface area is 161 Å². The third-order valence-corrected chi connectivity index (χ3v) is 5.36. The number of nitrogens with one attached hydrogen (secondary N) is 1. The number of amides is 1. The van der Waals surface area contributed by atoms with E-state index in [0.717, 1.165) is 34.5 Å². The number of carbonyl (C=O) groups excluding carboxylic acids is 1. The van der Waals surface area contributed by atoms with Crippen molar-refractivity contribution < 1.29 is 18.5 Å². The van der Waals surface area contributed by atoms with Crippen LogP contribution in [0.2, 0.25) is 0 Å². The Kier molecular flexibility index (Phi) is 5.82. The van der Waals surface area contributed by atoms with Crippen molar-refractivity contribution in [2.75, 3.05) is 32.1 Å². The number of hydrogen-bond donors (Lipinski definition) is 1. The number of hydrogen-bond acceptors (Lipinski definition) is 3. The molecule has 0 saturated carbocycles. The molecule has 0 saturated heterocycles. The van der Waals surface area contributed by atoms with E-state index in [9.17, 15) is 13.6 Å². The van der Waals surface area contributed by atoms with Gasteiger partial charge in [-0.1, -0.05) is 29.5 Å². The van der Waals surface area contributed by atoms with Crippen LogP contribution in [-0.4, -0.2) is 38.1 Å². The molecule has 0 bridgehead atoms. The zero-order chi connectivity index (χ0) is 19.6. The van der Waals surface area contributed by atoms with E-state index in [4.69, 9.17) is 0 Å². The van der Waals surface area contributed by atoms with Gasteiger partial charge in [-0.05, 0) is 30.7 Å². The summed E-state index contributed by atoms with van der Waals surface area (Å²) < 4.78 is 29.3. The smallest absolute Gasteiger partial charge is 0.266 e. The summed E-state index contributed by atoms with van der Waals surface area (Å²) in [4.78, 5) is 20.3. The quantitative estimate of drug-likeness (QED) is 0.703. The largest absolute Gasteiger partial charge is 0.340 e. The Morgan fingerprint density at radius 3 is 2.44 bits per heavy atom. The lowest BCUT2D eigenvalue weighted by Gasteiger charge is -2.21. The van der Waals surface area contributed by atoms with Gasteiger partial charge in [0.15, 0.2) is 5.13 Å². The predicted molar refractivity (Wildman–Crippen MR) is 105 cm³/mol. The summed E-state index contributed by atoms with van der Waals surface area (Å²) in [6.07, 6.45) is 0.694. The van der Waals surface area contributed by atoms with Gasteiger partial charge in [0, 0.05) is 13.0 Å². The summed E-state index contributed by atoms with van der Waals surface area (Å²) >= 11 is 1.36. The molecule has 0 aliphatic carbocycles. The average molecular weight is 390 g/mol. The highest BCUT2D eigenvalue weighted by Gasteiger charge is 2.26. The van der Waals surface area contributed by atoms with E-state index >= 15 is 0 Å². The number of nitrogens with zero attached hydrogens (tertiary/aromatic N) is 2.